The lowest BCUT2D eigenvalue weighted by Crippen LogP contribution is -2.18. The lowest BCUT2D eigenvalue weighted by atomic mass is 10.2. The average Bonchev–Trinajstić information content (AvgIpc) is 3.38. The Bertz CT molecular complexity index is 992. The number of hydrogen-bond donors (Lipinski definition) is 4. The van der Waals surface area contributed by atoms with Gasteiger partial charge in [0.2, 0.25) is 11.7 Å². The minimum atomic E-state index is -0.649. The minimum Gasteiger partial charge on any atom is -0.409 e. The van der Waals surface area contributed by atoms with Gasteiger partial charge in [-0.05, 0) is 50.9 Å². The molecule has 0 aliphatic carbocycles. The Labute approximate surface area is 172 Å². The molecular weight excluding hydrogens is 451 g/mol. The Hall–Kier alpha value is -3.06. The molecule has 2 aromatic heterocycles. The number of aromatic nitrogens is 5. The first-order chi connectivity index (χ1) is 14.0. The van der Waals surface area contributed by atoms with Crippen molar-refractivity contribution in [1.82, 2.24) is 25.3 Å². The van der Waals surface area contributed by atoms with Crippen LogP contribution in [0.3, 0.4) is 0 Å². The second kappa shape index (κ2) is 9.43. The van der Waals surface area contributed by atoms with Crippen molar-refractivity contribution in [3.8, 4) is 0 Å². The molecule has 29 heavy (non-hydrogen) atoms. The van der Waals surface area contributed by atoms with Crippen LogP contribution in [-0.2, 0) is 6.54 Å². The average molecular weight is 469 g/mol. The number of aliphatic hydroxyl groups is 1. The van der Waals surface area contributed by atoms with Crippen LogP contribution in [0, 0.1) is 5.82 Å². The van der Waals surface area contributed by atoms with Crippen LogP contribution >= 0.6 is 15.9 Å². The summed E-state index contributed by atoms with van der Waals surface area (Å²) in [5, 5.41) is 43.4. The summed E-state index contributed by atoms with van der Waals surface area (Å²) in [7, 11) is 0. The van der Waals surface area contributed by atoms with Gasteiger partial charge >= 0.3 is 0 Å². The van der Waals surface area contributed by atoms with Gasteiger partial charge in [0.05, 0.1) is 23.3 Å². The van der Waals surface area contributed by atoms with Gasteiger partial charge < -0.3 is 20.9 Å². The molecule has 0 aliphatic rings. The molecule has 3 aromatic rings. The number of amidine groups is 1. The van der Waals surface area contributed by atoms with Gasteiger partial charge in [-0.2, -0.15) is 0 Å². The van der Waals surface area contributed by atoms with E-state index in [0.717, 1.165) is 0 Å². The first-order valence-electron chi connectivity index (χ1n) is 8.60. The maximum absolute atomic E-state index is 13.4. The van der Waals surface area contributed by atoms with Crippen molar-refractivity contribution in [2.75, 3.05) is 17.2 Å². The highest BCUT2D eigenvalue weighted by Crippen LogP contribution is 2.21. The Balaban J connectivity index is 1.63. The molecule has 0 radical (unpaired) electrons. The zero-order valence-corrected chi connectivity index (χ0v) is 16.8. The van der Waals surface area contributed by atoms with E-state index in [-0.39, 0.29) is 21.8 Å². The lowest BCUT2D eigenvalue weighted by molar-refractivity contribution is 0.168. The van der Waals surface area contributed by atoms with Gasteiger partial charge in [0, 0.05) is 12.2 Å². The van der Waals surface area contributed by atoms with Crippen LogP contribution in [0.5, 0.6) is 0 Å². The van der Waals surface area contributed by atoms with Gasteiger partial charge in [-0.3, -0.25) is 4.68 Å². The predicted octanol–water partition coefficient (Wildman–Crippen LogP) is 2.37. The summed E-state index contributed by atoms with van der Waals surface area (Å²) in [4.78, 5) is 0. The molecule has 0 bridgehead atoms. The fraction of sp³-hybridized carbons (Fsp3) is 0.312. The summed E-state index contributed by atoms with van der Waals surface area (Å²) in [6, 6.07) is 4.20. The number of anilines is 2. The molecule has 0 amide bonds. The predicted molar refractivity (Wildman–Crippen MR) is 104 cm³/mol. The van der Waals surface area contributed by atoms with E-state index < -0.39 is 11.9 Å². The van der Waals surface area contributed by atoms with E-state index in [9.17, 15) is 14.7 Å². The minimum absolute atomic E-state index is 0.0404. The van der Waals surface area contributed by atoms with Crippen LogP contribution in [0.4, 0.5) is 15.9 Å². The Kier molecular flexibility index (Phi) is 6.72. The maximum atomic E-state index is 13.4. The molecular formula is C16H18BrFN8O3. The normalized spacial score (nSPS) is 12.8. The Morgan fingerprint density at radius 1 is 1.41 bits per heavy atom. The number of halogens is 2. The number of nitrogens with zero attached hydrogens (tertiary/aromatic N) is 6. The Morgan fingerprint density at radius 2 is 2.24 bits per heavy atom. The van der Waals surface area contributed by atoms with Gasteiger partial charge in [-0.25, -0.2) is 9.02 Å². The number of oxime groups is 1. The van der Waals surface area contributed by atoms with E-state index >= 15 is 0 Å². The number of rotatable bonds is 8. The third-order valence-corrected chi connectivity index (χ3v) is 4.52. The fourth-order valence-electron chi connectivity index (χ4n) is 2.38. The largest absolute Gasteiger partial charge is 0.409 e. The molecule has 0 saturated carbocycles. The monoisotopic (exact) mass is 468 g/mol. The van der Waals surface area contributed by atoms with Gasteiger partial charge in [-0.1, -0.05) is 17.3 Å². The van der Waals surface area contributed by atoms with E-state index in [1.54, 1.807) is 10.9 Å². The van der Waals surface area contributed by atoms with Gasteiger partial charge in [-0.15, -0.1) is 5.10 Å². The topological polar surface area (TPSA) is 147 Å². The van der Waals surface area contributed by atoms with Crippen molar-refractivity contribution in [3.63, 3.8) is 0 Å². The van der Waals surface area contributed by atoms with Crippen molar-refractivity contribution in [3.05, 3.63) is 46.1 Å². The number of nitrogens with one attached hydrogen (secondary N) is 2. The summed E-state index contributed by atoms with van der Waals surface area (Å²) in [6.45, 7) is 2.66. The quantitative estimate of drug-likeness (QED) is 0.169. The molecule has 4 N–H and O–H groups in total. The fourth-order valence-corrected chi connectivity index (χ4v) is 2.75. The van der Waals surface area contributed by atoms with Crippen LogP contribution in [0.2, 0.25) is 0 Å². The zero-order valence-electron chi connectivity index (χ0n) is 15.2. The Morgan fingerprint density at radius 3 is 2.97 bits per heavy atom. The molecule has 0 spiro atoms. The molecule has 1 atom stereocenters. The van der Waals surface area contributed by atoms with Crippen LogP contribution < -0.4 is 10.6 Å². The van der Waals surface area contributed by atoms with Crippen molar-refractivity contribution in [1.29, 1.82) is 0 Å². The standard InChI is InChI=1S/C16H18BrFN8O3/c1-2-13(27)12-8-26(25-21-12)6-5-19-15-14(23-29-24-15)16(22-28)20-9-3-4-11(18)10(17)7-9/h3-4,7-8,13,27-28H,2,5-6H2,1H3,(H,19,24)(H,20,22). The molecule has 0 saturated heterocycles. The highest BCUT2D eigenvalue weighted by molar-refractivity contribution is 9.10. The molecule has 1 aromatic carbocycles. The van der Waals surface area contributed by atoms with Crippen LogP contribution in [0.15, 0.2) is 38.7 Å². The smallest absolute Gasteiger partial charge is 0.203 e. The van der Waals surface area contributed by atoms with Crippen LogP contribution in [0.25, 0.3) is 0 Å². The van der Waals surface area contributed by atoms with Crippen molar-refractivity contribution in [2.24, 2.45) is 5.16 Å². The van der Waals surface area contributed by atoms with Crippen molar-refractivity contribution in [2.45, 2.75) is 26.0 Å². The number of hydrogen-bond acceptors (Lipinski definition) is 9. The van der Waals surface area contributed by atoms with E-state index in [0.29, 0.717) is 30.9 Å². The number of benzene rings is 1. The third kappa shape index (κ3) is 5.06. The summed E-state index contributed by atoms with van der Waals surface area (Å²) in [6.07, 6.45) is 1.56. The van der Waals surface area contributed by atoms with Crippen molar-refractivity contribution >= 4 is 33.3 Å². The van der Waals surface area contributed by atoms with Crippen LogP contribution in [-0.4, -0.2) is 48.0 Å². The van der Waals surface area contributed by atoms with Crippen molar-refractivity contribution < 1.29 is 19.3 Å². The summed E-state index contributed by atoms with van der Waals surface area (Å²) < 4.78 is 19.9. The first-order valence-corrected chi connectivity index (χ1v) is 9.40. The SMILES string of the molecule is CCC(O)c1cn(CCNc2nonc2C(=NO)Nc2ccc(F)c(Br)c2)nn1. The molecule has 154 valence electrons. The lowest BCUT2D eigenvalue weighted by Gasteiger charge is -2.08. The molecule has 11 nitrogen and oxygen atoms in total. The molecule has 0 fully saturated rings. The van der Waals surface area contributed by atoms with E-state index in [1.165, 1.54) is 18.2 Å². The molecule has 13 heteroatoms. The summed E-state index contributed by atoms with van der Waals surface area (Å²) in [5.41, 5.74) is 1.10. The zero-order chi connectivity index (χ0) is 20.8. The third-order valence-electron chi connectivity index (χ3n) is 3.91. The summed E-state index contributed by atoms with van der Waals surface area (Å²) >= 11 is 3.09. The van der Waals surface area contributed by atoms with Gasteiger partial charge in [0.25, 0.3) is 0 Å². The van der Waals surface area contributed by atoms with E-state index in [2.05, 4.69) is 52.3 Å². The molecule has 0 aliphatic heterocycles. The molecule has 1 unspecified atom stereocenters. The van der Waals surface area contributed by atoms with E-state index in [4.69, 9.17) is 4.63 Å². The van der Waals surface area contributed by atoms with Gasteiger partial charge in [0.1, 0.15) is 11.5 Å². The van der Waals surface area contributed by atoms with Crippen LogP contribution in [0.1, 0.15) is 30.8 Å². The maximum Gasteiger partial charge on any atom is 0.203 e. The second-order valence-electron chi connectivity index (χ2n) is 5.92. The second-order valence-corrected chi connectivity index (χ2v) is 6.78. The van der Waals surface area contributed by atoms with Gasteiger partial charge in [0.15, 0.2) is 5.69 Å². The highest BCUT2D eigenvalue weighted by atomic mass is 79.9. The number of aliphatic hydroxyl groups excluding tert-OH is 1. The highest BCUT2D eigenvalue weighted by Gasteiger charge is 2.18. The molecule has 3 rings (SSSR count). The van der Waals surface area contributed by atoms with E-state index in [1.807, 2.05) is 6.92 Å². The molecule has 2 heterocycles. The first kappa shape index (κ1) is 20.7. The summed E-state index contributed by atoms with van der Waals surface area (Å²) in [5.74, 6) is -0.229.